The summed E-state index contributed by atoms with van der Waals surface area (Å²) in [5.41, 5.74) is 7.66. The second-order valence-corrected chi connectivity index (χ2v) is 3.23. The molecule has 1 atom stereocenters. The second kappa shape index (κ2) is 5.24. The van der Waals surface area contributed by atoms with E-state index in [0.29, 0.717) is 0 Å². The van der Waals surface area contributed by atoms with Crippen molar-refractivity contribution in [3.63, 3.8) is 0 Å². The maximum Gasteiger partial charge on any atom is 0.323 e. The SMILES string of the molecule is Nc1ccccc1C(=O)C[C@H](NO)C(=O)O. The van der Waals surface area contributed by atoms with E-state index in [-0.39, 0.29) is 17.7 Å². The highest BCUT2D eigenvalue weighted by atomic mass is 16.5. The number of nitrogens with one attached hydrogen (secondary N) is 1. The summed E-state index contributed by atoms with van der Waals surface area (Å²) < 4.78 is 0. The number of aliphatic carboxylic acids is 1. The first kappa shape index (κ1) is 12.2. The molecule has 0 radical (unpaired) electrons. The van der Waals surface area contributed by atoms with Crippen LogP contribution in [0.5, 0.6) is 0 Å². The molecule has 0 aliphatic rings. The van der Waals surface area contributed by atoms with Crippen LogP contribution in [0.15, 0.2) is 24.3 Å². The van der Waals surface area contributed by atoms with Crippen molar-refractivity contribution in [3.8, 4) is 0 Å². The number of nitrogen functional groups attached to an aromatic ring is 1. The van der Waals surface area contributed by atoms with Crippen LogP contribution in [0.3, 0.4) is 0 Å². The number of carbonyl (C=O) groups excluding carboxylic acids is 1. The Hall–Kier alpha value is -1.92. The molecule has 6 nitrogen and oxygen atoms in total. The number of rotatable bonds is 5. The highest BCUT2D eigenvalue weighted by Crippen LogP contribution is 2.13. The van der Waals surface area contributed by atoms with Crippen molar-refractivity contribution in [1.82, 2.24) is 5.48 Å². The highest BCUT2D eigenvalue weighted by Gasteiger charge is 2.21. The van der Waals surface area contributed by atoms with E-state index >= 15 is 0 Å². The van der Waals surface area contributed by atoms with Gasteiger partial charge in [0.25, 0.3) is 0 Å². The molecule has 0 heterocycles. The lowest BCUT2D eigenvalue weighted by Gasteiger charge is -2.09. The van der Waals surface area contributed by atoms with Gasteiger partial charge in [-0.25, -0.2) is 0 Å². The Morgan fingerprint density at radius 1 is 1.38 bits per heavy atom. The number of benzene rings is 1. The van der Waals surface area contributed by atoms with E-state index in [2.05, 4.69) is 0 Å². The summed E-state index contributed by atoms with van der Waals surface area (Å²) in [6.07, 6.45) is -0.361. The number of ketones is 1. The lowest BCUT2D eigenvalue weighted by Crippen LogP contribution is -2.36. The van der Waals surface area contributed by atoms with Crippen LogP contribution in [-0.2, 0) is 4.79 Å². The Morgan fingerprint density at radius 2 is 2.00 bits per heavy atom. The van der Waals surface area contributed by atoms with Crippen LogP contribution in [0.4, 0.5) is 5.69 Å². The van der Waals surface area contributed by atoms with Crippen molar-refractivity contribution in [3.05, 3.63) is 29.8 Å². The van der Waals surface area contributed by atoms with E-state index in [1.165, 1.54) is 6.07 Å². The van der Waals surface area contributed by atoms with Crippen molar-refractivity contribution in [1.29, 1.82) is 0 Å². The molecule has 5 N–H and O–H groups in total. The van der Waals surface area contributed by atoms with Gasteiger partial charge in [0.2, 0.25) is 0 Å². The zero-order valence-corrected chi connectivity index (χ0v) is 8.38. The summed E-state index contributed by atoms with van der Waals surface area (Å²) in [5.74, 6) is -1.74. The van der Waals surface area contributed by atoms with Crippen LogP contribution in [0.1, 0.15) is 16.8 Å². The first-order chi connectivity index (χ1) is 7.56. The maximum atomic E-state index is 11.6. The number of nitrogens with two attached hydrogens (primary N) is 1. The Labute approximate surface area is 91.6 Å². The van der Waals surface area contributed by atoms with Crippen LogP contribution in [0, 0.1) is 0 Å². The van der Waals surface area contributed by atoms with Crippen LogP contribution in [0.2, 0.25) is 0 Å². The summed E-state index contributed by atoms with van der Waals surface area (Å²) in [5, 5.41) is 17.2. The number of Topliss-reactive ketones (excluding diaryl/α,β-unsaturated/α-hetero) is 1. The number of anilines is 1. The van der Waals surface area contributed by atoms with Crippen LogP contribution >= 0.6 is 0 Å². The predicted molar refractivity (Wildman–Crippen MR) is 56.1 cm³/mol. The molecular weight excluding hydrogens is 212 g/mol. The van der Waals surface area contributed by atoms with Gasteiger partial charge in [0.15, 0.2) is 5.78 Å². The van der Waals surface area contributed by atoms with Gasteiger partial charge in [-0.05, 0) is 12.1 Å². The minimum Gasteiger partial charge on any atom is -0.480 e. The molecule has 0 aromatic heterocycles. The Balaban J connectivity index is 2.80. The predicted octanol–water partition coefficient (Wildman–Crippen LogP) is 0.274. The molecule has 16 heavy (non-hydrogen) atoms. The number of para-hydroxylation sites is 1. The fourth-order valence-corrected chi connectivity index (χ4v) is 1.23. The minimum absolute atomic E-state index is 0.254. The van der Waals surface area contributed by atoms with Gasteiger partial charge in [0, 0.05) is 17.7 Å². The van der Waals surface area contributed by atoms with Crippen molar-refractivity contribution < 1.29 is 19.9 Å². The van der Waals surface area contributed by atoms with Crippen LogP contribution in [-0.4, -0.2) is 28.1 Å². The molecule has 86 valence electrons. The van der Waals surface area contributed by atoms with Gasteiger partial charge in [-0.3, -0.25) is 9.59 Å². The first-order valence-corrected chi connectivity index (χ1v) is 4.56. The molecule has 0 spiro atoms. The van der Waals surface area contributed by atoms with Crippen LogP contribution < -0.4 is 11.2 Å². The molecule has 0 saturated carbocycles. The Morgan fingerprint density at radius 3 is 2.50 bits per heavy atom. The lowest BCUT2D eigenvalue weighted by molar-refractivity contribution is -0.142. The Bertz CT molecular complexity index is 406. The molecule has 1 aromatic rings. The molecule has 0 amide bonds. The van der Waals surface area contributed by atoms with Gasteiger partial charge in [-0.2, -0.15) is 5.48 Å². The highest BCUT2D eigenvalue weighted by molar-refractivity contribution is 6.02. The molecule has 0 unspecified atom stereocenters. The summed E-state index contributed by atoms with van der Waals surface area (Å²) in [7, 11) is 0. The molecule has 0 fully saturated rings. The first-order valence-electron chi connectivity index (χ1n) is 4.56. The quantitative estimate of drug-likeness (QED) is 0.324. The summed E-state index contributed by atoms with van der Waals surface area (Å²) in [4.78, 5) is 22.2. The van der Waals surface area contributed by atoms with E-state index in [0.717, 1.165) is 0 Å². The molecule has 0 saturated heterocycles. The molecule has 6 heteroatoms. The molecule has 0 aliphatic carbocycles. The average Bonchev–Trinajstić information content (AvgIpc) is 2.25. The zero-order chi connectivity index (χ0) is 12.1. The smallest absolute Gasteiger partial charge is 0.323 e. The van der Waals surface area contributed by atoms with Crippen molar-refractivity contribution in [2.75, 3.05) is 5.73 Å². The van der Waals surface area contributed by atoms with Gasteiger partial charge in [-0.15, -0.1) is 0 Å². The van der Waals surface area contributed by atoms with Crippen molar-refractivity contribution >= 4 is 17.4 Å². The topological polar surface area (TPSA) is 113 Å². The third kappa shape index (κ3) is 2.78. The van der Waals surface area contributed by atoms with Gasteiger partial charge in [-0.1, -0.05) is 12.1 Å². The molecule has 0 bridgehead atoms. The fraction of sp³-hybridized carbons (Fsp3) is 0.200. The molecule has 0 aliphatic heterocycles. The van der Waals surface area contributed by atoms with Crippen LogP contribution in [0.25, 0.3) is 0 Å². The molecular formula is C10H12N2O4. The van der Waals surface area contributed by atoms with Gasteiger partial charge in [0.1, 0.15) is 6.04 Å². The standard InChI is InChI=1S/C10H12N2O4/c11-7-4-2-1-3-6(7)9(13)5-8(12-16)10(14)15/h1-4,8,12,16H,5,11H2,(H,14,15)/t8-/m0/s1. The normalized spacial score (nSPS) is 12.1. The third-order valence-corrected chi connectivity index (χ3v) is 2.10. The second-order valence-electron chi connectivity index (χ2n) is 3.23. The third-order valence-electron chi connectivity index (χ3n) is 2.10. The van der Waals surface area contributed by atoms with Gasteiger partial charge in [0.05, 0.1) is 0 Å². The minimum atomic E-state index is -1.33. The maximum absolute atomic E-state index is 11.6. The number of hydrogen-bond donors (Lipinski definition) is 4. The number of carbonyl (C=O) groups is 2. The van der Waals surface area contributed by atoms with E-state index in [1.807, 2.05) is 0 Å². The van der Waals surface area contributed by atoms with Gasteiger partial charge >= 0.3 is 5.97 Å². The number of carboxylic acid groups (broad SMARTS) is 1. The van der Waals surface area contributed by atoms with E-state index in [1.54, 1.807) is 23.7 Å². The number of hydroxylamine groups is 1. The summed E-state index contributed by atoms with van der Waals surface area (Å²) >= 11 is 0. The number of carboxylic acids is 1. The molecule has 1 aromatic carbocycles. The Kier molecular flexibility index (Phi) is 3.98. The fourth-order valence-electron chi connectivity index (χ4n) is 1.23. The summed E-state index contributed by atoms with van der Waals surface area (Å²) in [6, 6.07) is 5.03. The zero-order valence-electron chi connectivity index (χ0n) is 8.38. The van der Waals surface area contributed by atoms with E-state index < -0.39 is 17.8 Å². The van der Waals surface area contributed by atoms with E-state index in [4.69, 9.17) is 16.0 Å². The van der Waals surface area contributed by atoms with Crippen molar-refractivity contribution in [2.45, 2.75) is 12.5 Å². The van der Waals surface area contributed by atoms with E-state index in [9.17, 15) is 9.59 Å². The lowest BCUT2D eigenvalue weighted by atomic mass is 10.0. The largest absolute Gasteiger partial charge is 0.480 e. The summed E-state index contributed by atoms with van der Waals surface area (Å²) in [6.45, 7) is 0. The monoisotopic (exact) mass is 224 g/mol. The number of hydrogen-bond acceptors (Lipinski definition) is 5. The average molecular weight is 224 g/mol. The van der Waals surface area contributed by atoms with Gasteiger partial charge < -0.3 is 16.0 Å². The van der Waals surface area contributed by atoms with Crippen molar-refractivity contribution in [2.24, 2.45) is 0 Å². The molecule has 1 rings (SSSR count).